The largest absolute Gasteiger partial charge is 0.135 e. The monoisotopic (exact) mass is 694 g/mol. The van der Waals surface area contributed by atoms with E-state index in [0.717, 1.165) is 0 Å². The Labute approximate surface area is 309 Å². The summed E-state index contributed by atoms with van der Waals surface area (Å²) in [6.45, 7) is 0. The molecule has 0 saturated heterocycles. The van der Waals surface area contributed by atoms with Crippen LogP contribution in [0.25, 0.3) is 106 Å². The quantitative estimate of drug-likeness (QED) is 0.161. The van der Waals surface area contributed by atoms with Crippen molar-refractivity contribution in [2.24, 2.45) is 0 Å². The Hall–Kier alpha value is -6.06. The van der Waals surface area contributed by atoms with Gasteiger partial charge in [-0.2, -0.15) is 0 Å². The highest BCUT2D eigenvalue weighted by Gasteiger charge is 2.19. The van der Waals surface area contributed by atoms with Gasteiger partial charge in [0.2, 0.25) is 0 Å². The second kappa shape index (κ2) is 11.7. The van der Waals surface area contributed by atoms with E-state index < -0.39 is 0 Å². The van der Waals surface area contributed by atoms with Gasteiger partial charge in [-0.15, -0.1) is 22.7 Å². The van der Waals surface area contributed by atoms with Crippen molar-refractivity contribution in [1.29, 1.82) is 0 Å². The van der Waals surface area contributed by atoms with Gasteiger partial charge in [-0.1, -0.05) is 164 Å². The molecule has 242 valence electrons. The van der Waals surface area contributed by atoms with Gasteiger partial charge in [0.15, 0.2) is 0 Å². The molecular formula is C50H30S2. The third-order valence-corrected chi connectivity index (χ3v) is 13.1. The van der Waals surface area contributed by atoms with Gasteiger partial charge in [0.05, 0.1) is 0 Å². The van der Waals surface area contributed by atoms with Gasteiger partial charge in [0.1, 0.15) is 0 Å². The molecule has 0 spiro atoms. The van der Waals surface area contributed by atoms with Crippen molar-refractivity contribution in [3.05, 3.63) is 182 Å². The summed E-state index contributed by atoms with van der Waals surface area (Å²) < 4.78 is 5.34. The minimum Gasteiger partial charge on any atom is -0.135 e. The summed E-state index contributed by atoms with van der Waals surface area (Å²) >= 11 is 3.80. The van der Waals surface area contributed by atoms with Crippen LogP contribution in [0, 0.1) is 0 Å². The highest BCUT2D eigenvalue weighted by molar-refractivity contribution is 7.26. The Morgan fingerprint density at radius 1 is 0.250 bits per heavy atom. The molecule has 0 radical (unpaired) electrons. The van der Waals surface area contributed by atoms with Crippen molar-refractivity contribution in [2.75, 3.05) is 0 Å². The van der Waals surface area contributed by atoms with E-state index in [0.29, 0.717) is 0 Å². The zero-order valence-electron chi connectivity index (χ0n) is 28.1. The summed E-state index contributed by atoms with van der Waals surface area (Å²) in [5.41, 5.74) is 10.1. The van der Waals surface area contributed by atoms with E-state index in [2.05, 4.69) is 182 Å². The van der Waals surface area contributed by atoms with Crippen LogP contribution < -0.4 is 0 Å². The van der Waals surface area contributed by atoms with Crippen molar-refractivity contribution in [3.8, 4) is 44.5 Å². The number of fused-ring (bicyclic) bond motifs is 8. The Morgan fingerprint density at radius 2 is 0.654 bits per heavy atom. The van der Waals surface area contributed by atoms with Gasteiger partial charge in [0.25, 0.3) is 0 Å². The lowest BCUT2D eigenvalue weighted by molar-refractivity contribution is 1.61. The first kappa shape index (κ1) is 29.6. The van der Waals surface area contributed by atoms with E-state index in [1.165, 1.54) is 106 Å². The fraction of sp³-hybridized carbons (Fsp3) is 0. The van der Waals surface area contributed by atoms with E-state index in [4.69, 9.17) is 0 Å². The third-order valence-electron chi connectivity index (χ3n) is 10.7. The highest BCUT2D eigenvalue weighted by Crippen LogP contribution is 2.48. The molecule has 2 aromatic heterocycles. The molecule has 0 aliphatic heterocycles. The number of thiophene rings is 2. The lowest BCUT2D eigenvalue weighted by Crippen LogP contribution is -1.91. The molecule has 11 rings (SSSR count). The van der Waals surface area contributed by atoms with Crippen molar-refractivity contribution in [2.45, 2.75) is 0 Å². The molecule has 0 fully saturated rings. The molecule has 0 saturated carbocycles. The van der Waals surface area contributed by atoms with Crippen LogP contribution in [0.1, 0.15) is 0 Å². The van der Waals surface area contributed by atoms with Crippen LogP contribution in [0.5, 0.6) is 0 Å². The first-order valence-corrected chi connectivity index (χ1v) is 19.4. The van der Waals surface area contributed by atoms with Crippen LogP contribution >= 0.6 is 22.7 Å². The summed E-state index contributed by atoms with van der Waals surface area (Å²) in [5.74, 6) is 0. The zero-order valence-corrected chi connectivity index (χ0v) is 29.8. The Morgan fingerprint density at radius 3 is 1.19 bits per heavy atom. The molecule has 0 N–H and O–H groups in total. The van der Waals surface area contributed by atoms with E-state index in [1.807, 2.05) is 22.7 Å². The minimum absolute atomic E-state index is 1.23. The summed E-state index contributed by atoms with van der Waals surface area (Å²) in [4.78, 5) is 0. The molecule has 2 heterocycles. The fourth-order valence-corrected chi connectivity index (χ4v) is 10.8. The summed E-state index contributed by atoms with van der Waals surface area (Å²) in [6.07, 6.45) is 0. The van der Waals surface area contributed by atoms with Crippen LogP contribution in [0.3, 0.4) is 0 Å². The topological polar surface area (TPSA) is 0 Å². The molecule has 0 nitrogen and oxygen atoms in total. The molecule has 52 heavy (non-hydrogen) atoms. The van der Waals surface area contributed by atoms with Gasteiger partial charge in [-0.25, -0.2) is 0 Å². The molecule has 0 unspecified atom stereocenters. The number of rotatable bonds is 4. The first-order valence-electron chi connectivity index (χ1n) is 17.8. The van der Waals surface area contributed by atoms with E-state index >= 15 is 0 Å². The van der Waals surface area contributed by atoms with Gasteiger partial charge >= 0.3 is 0 Å². The fourth-order valence-electron chi connectivity index (χ4n) is 8.33. The molecule has 0 amide bonds. The standard InChI is InChI=1S/C50H30S2/c1-2-12-31(13-3-1)32-26-28-33(29-27-32)48-38-18-8-16-34(40-20-10-22-42-36-14-4-6-24-46(36)51-49(40)42)44(38)30-45-35(17-9-19-39(45)48)41-21-11-23-43-37-15-5-7-25-47(37)52-50(41)43/h1-30H. The molecule has 2 heteroatoms. The van der Waals surface area contributed by atoms with Crippen molar-refractivity contribution in [1.82, 2.24) is 0 Å². The number of hydrogen-bond acceptors (Lipinski definition) is 2. The van der Waals surface area contributed by atoms with Gasteiger partial charge in [0, 0.05) is 51.5 Å². The highest BCUT2D eigenvalue weighted by atomic mass is 32.1. The second-order valence-corrected chi connectivity index (χ2v) is 15.7. The Bertz CT molecular complexity index is 2990. The van der Waals surface area contributed by atoms with E-state index in [-0.39, 0.29) is 0 Å². The van der Waals surface area contributed by atoms with E-state index in [1.54, 1.807) is 0 Å². The lowest BCUT2D eigenvalue weighted by Gasteiger charge is -2.18. The molecule has 0 bridgehead atoms. The van der Waals surface area contributed by atoms with Crippen molar-refractivity contribution in [3.63, 3.8) is 0 Å². The smallest absolute Gasteiger partial charge is 0.0434 e. The maximum absolute atomic E-state index is 2.48. The predicted molar refractivity (Wildman–Crippen MR) is 229 cm³/mol. The van der Waals surface area contributed by atoms with Gasteiger partial charge < -0.3 is 0 Å². The molecule has 0 atom stereocenters. The molecular weight excluding hydrogens is 665 g/mol. The zero-order chi connectivity index (χ0) is 34.2. The van der Waals surface area contributed by atoms with E-state index in [9.17, 15) is 0 Å². The first-order chi connectivity index (χ1) is 25.8. The lowest BCUT2D eigenvalue weighted by atomic mass is 9.85. The minimum atomic E-state index is 1.23. The van der Waals surface area contributed by atoms with Crippen LogP contribution in [-0.4, -0.2) is 0 Å². The Kier molecular flexibility index (Phi) is 6.70. The average Bonchev–Trinajstić information content (AvgIpc) is 3.79. The van der Waals surface area contributed by atoms with Crippen molar-refractivity contribution < 1.29 is 0 Å². The maximum atomic E-state index is 2.48. The molecule has 0 aliphatic carbocycles. The summed E-state index contributed by atoms with van der Waals surface area (Å²) in [7, 11) is 0. The van der Waals surface area contributed by atoms with Crippen LogP contribution in [0.15, 0.2) is 182 Å². The second-order valence-electron chi connectivity index (χ2n) is 13.6. The van der Waals surface area contributed by atoms with Crippen molar-refractivity contribution >= 4 is 84.6 Å². The SMILES string of the molecule is c1ccc(-c2ccc(-c3c4cccc(-c5cccc6c5sc5ccccc56)c4cc4c(-c5cccc6c5sc5ccccc56)cccc34)cc2)cc1. The third kappa shape index (κ3) is 4.52. The summed E-state index contributed by atoms with van der Waals surface area (Å²) in [5, 5.41) is 10.4. The molecule has 11 aromatic rings. The van der Waals surface area contributed by atoms with Crippen LogP contribution in [0.4, 0.5) is 0 Å². The van der Waals surface area contributed by atoms with Crippen LogP contribution in [-0.2, 0) is 0 Å². The van der Waals surface area contributed by atoms with Crippen LogP contribution in [0.2, 0.25) is 0 Å². The molecule has 9 aromatic carbocycles. The van der Waals surface area contributed by atoms with Gasteiger partial charge in [-0.05, 0) is 73.1 Å². The summed E-state index contributed by atoms with van der Waals surface area (Å²) in [6, 6.07) is 67.4. The number of benzene rings is 9. The average molecular weight is 695 g/mol. The predicted octanol–water partition coefficient (Wildman–Crippen LogP) is 15.4. The maximum Gasteiger partial charge on any atom is 0.0434 e. The normalized spacial score (nSPS) is 11.8. The number of hydrogen-bond donors (Lipinski definition) is 0. The van der Waals surface area contributed by atoms with Gasteiger partial charge in [-0.3, -0.25) is 0 Å². The molecule has 0 aliphatic rings. The Balaban J connectivity index is 1.24.